The van der Waals surface area contributed by atoms with Crippen LogP contribution in [0.4, 0.5) is 5.82 Å². The third-order valence-electron chi connectivity index (χ3n) is 3.53. The number of aryl methyl sites for hydroxylation is 2. The first-order chi connectivity index (χ1) is 10.1. The van der Waals surface area contributed by atoms with Crippen LogP contribution in [-0.4, -0.2) is 9.78 Å². The Morgan fingerprint density at radius 2 is 1.86 bits per heavy atom. The van der Waals surface area contributed by atoms with Gasteiger partial charge in [-0.05, 0) is 18.6 Å². The highest BCUT2D eigenvalue weighted by Crippen LogP contribution is 2.38. The molecule has 0 fully saturated rings. The van der Waals surface area contributed by atoms with Crippen molar-refractivity contribution in [3.05, 3.63) is 58.6 Å². The predicted octanol–water partition coefficient (Wildman–Crippen LogP) is 4.41. The molecule has 0 aliphatic carbocycles. The van der Waals surface area contributed by atoms with Crippen LogP contribution in [0.15, 0.2) is 53.0 Å². The number of nitrogens with zero attached hydrogens (tertiary/aromatic N) is 2. The minimum Gasteiger partial charge on any atom is -0.383 e. The number of rotatable bonds is 2. The lowest BCUT2D eigenvalue weighted by Crippen LogP contribution is -1.98. The summed E-state index contributed by atoms with van der Waals surface area (Å²) in [7, 11) is 1.87. The second kappa shape index (κ2) is 5.37. The molecule has 2 N–H and O–H groups in total. The highest BCUT2D eigenvalue weighted by Gasteiger charge is 2.18. The first-order valence-electron chi connectivity index (χ1n) is 6.72. The molecule has 0 unspecified atom stereocenters. The molecule has 3 aromatic rings. The average Bonchev–Trinajstić information content (AvgIpc) is 2.75. The lowest BCUT2D eigenvalue weighted by Gasteiger charge is -2.07. The van der Waals surface area contributed by atoms with Crippen molar-refractivity contribution in [2.45, 2.75) is 6.92 Å². The van der Waals surface area contributed by atoms with E-state index in [2.05, 4.69) is 46.2 Å². The molecule has 0 saturated carbocycles. The van der Waals surface area contributed by atoms with Crippen molar-refractivity contribution in [3.63, 3.8) is 0 Å². The van der Waals surface area contributed by atoms with Crippen molar-refractivity contribution < 1.29 is 0 Å². The van der Waals surface area contributed by atoms with Gasteiger partial charge in [0.05, 0.1) is 5.56 Å². The molecule has 3 rings (SSSR count). The number of anilines is 1. The molecule has 106 valence electrons. The third kappa shape index (κ3) is 2.47. The van der Waals surface area contributed by atoms with Crippen molar-refractivity contribution in [3.8, 4) is 22.4 Å². The summed E-state index contributed by atoms with van der Waals surface area (Å²) in [6.07, 6.45) is 0. The van der Waals surface area contributed by atoms with Gasteiger partial charge in [-0.2, -0.15) is 5.10 Å². The summed E-state index contributed by atoms with van der Waals surface area (Å²) >= 11 is 3.60. The Bertz CT molecular complexity index is 806. The van der Waals surface area contributed by atoms with Gasteiger partial charge >= 0.3 is 0 Å². The number of hydrogen-bond donors (Lipinski definition) is 1. The zero-order valence-electron chi connectivity index (χ0n) is 12.0. The van der Waals surface area contributed by atoms with Gasteiger partial charge in [-0.1, -0.05) is 64.0 Å². The minimum absolute atomic E-state index is 0.673. The fourth-order valence-electron chi connectivity index (χ4n) is 2.46. The van der Waals surface area contributed by atoms with E-state index in [1.807, 2.05) is 37.4 Å². The third-order valence-corrected chi connectivity index (χ3v) is 4.22. The van der Waals surface area contributed by atoms with Gasteiger partial charge in [0.2, 0.25) is 0 Å². The number of benzene rings is 2. The summed E-state index contributed by atoms with van der Waals surface area (Å²) in [6.45, 7) is 2.08. The Kier molecular flexibility index (Phi) is 3.55. The summed E-state index contributed by atoms with van der Waals surface area (Å²) in [5.74, 6) is 0.673. The molecular weight excluding hydrogens is 326 g/mol. The van der Waals surface area contributed by atoms with E-state index in [0.717, 1.165) is 26.9 Å². The van der Waals surface area contributed by atoms with Crippen molar-refractivity contribution in [1.29, 1.82) is 0 Å². The molecular formula is C17H16BrN3. The maximum atomic E-state index is 6.26. The zero-order valence-corrected chi connectivity index (χ0v) is 13.6. The van der Waals surface area contributed by atoms with E-state index in [1.165, 1.54) is 5.56 Å². The van der Waals surface area contributed by atoms with Gasteiger partial charge < -0.3 is 5.73 Å². The molecule has 0 saturated heterocycles. The average molecular weight is 342 g/mol. The van der Waals surface area contributed by atoms with Gasteiger partial charge in [-0.15, -0.1) is 0 Å². The second-order valence-electron chi connectivity index (χ2n) is 5.08. The molecule has 4 heteroatoms. The smallest absolute Gasteiger partial charge is 0.129 e. The topological polar surface area (TPSA) is 43.8 Å². The van der Waals surface area contributed by atoms with Crippen LogP contribution in [0.25, 0.3) is 22.4 Å². The van der Waals surface area contributed by atoms with E-state index in [-0.39, 0.29) is 0 Å². The summed E-state index contributed by atoms with van der Waals surface area (Å²) < 4.78 is 2.74. The Morgan fingerprint density at radius 1 is 1.10 bits per heavy atom. The van der Waals surface area contributed by atoms with Gasteiger partial charge in [-0.3, -0.25) is 4.68 Å². The maximum Gasteiger partial charge on any atom is 0.129 e. The van der Waals surface area contributed by atoms with Gasteiger partial charge in [-0.25, -0.2) is 0 Å². The van der Waals surface area contributed by atoms with Gasteiger partial charge in [0, 0.05) is 17.1 Å². The molecule has 1 aromatic heterocycles. The molecule has 3 nitrogen and oxygen atoms in total. The predicted molar refractivity (Wildman–Crippen MR) is 90.9 cm³/mol. The molecule has 1 heterocycles. The van der Waals surface area contributed by atoms with E-state index in [0.29, 0.717) is 5.82 Å². The molecule has 21 heavy (non-hydrogen) atoms. The van der Waals surface area contributed by atoms with Crippen LogP contribution in [0.1, 0.15) is 5.56 Å². The van der Waals surface area contributed by atoms with Gasteiger partial charge in [0.25, 0.3) is 0 Å². The first kappa shape index (κ1) is 13.9. The molecule has 0 radical (unpaired) electrons. The van der Waals surface area contributed by atoms with Crippen LogP contribution in [0.2, 0.25) is 0 Å². The van der Waals surface area contributed by atoms with E-state index in [1.54, 1.807) is 4.68 Å². The van der Waals surface area contributed by atoms with Crippen LogP contribution < -0.4 is 5.73 Å². The lowest BCUT2D eigenvalue weighted by atomic mass is 9.99. The Balaban J connectivity index is 2.29. The summed E-state index contributed by atoms with van der Waals surface area (Å²) in [6, 6.07) is 16.4. The van der Waals surface area contributed by atoms with Gasteiger partial charge in [0.15, 0.2) is 0 Å². The van der Waals surface area contributed by atoms with Crippen LogP contribution in [-0.2, 0) is 7.05 Å². The standard InChI is InChI=1S/C17H16BrN3/c1-11-6-5-7-12(10-11)15-16(20-21(2)17(15)19)13-8-3-4-9-14(13)18/h3-10H,19H2,1-2H3. The summed E-state index contributed by atoms with van der Waals surface area (Å²) in [4.78, 5) is 0. The molecule has 0 amide bonds. The Hall–Kier alpha value is -2.07. The molecule has 2 aromatic carbocycles. The second-order valence-corrected chi connectivity index (χ2v) is 5.94. The SMILES string of the molecule is Cc1cccc(-c2c(-c3ccccc3Br)nn(C)c2N)c1. The number of nitrogen functional groups attached to an aromatic ring is 1. The van der Waals surface area contributed by atoms with E-state index in [9.17, 15) is 0 Å². The molecule has 0 bridgehead atoms. The summed E-state index contributed by atoms with van der Waals surface area (Å²) in [5, 5.41) is 4.61. The highest BCUT2D eigenvalue weighted by molar-refractivity contribution is 9.10. The van der Waals surface area contributed by atoms with E-state index in [4.69, 9.17) is 5.73 Å². The van der Waals surface area contributed by atoms with Crippen LogP contribution in [0.5, 0.6) is 0 Å². The fourth-order valence-corrected chi connectivity index (χ4v) is 2.94. The maximum absolute atomic E-state index is 6.26. The number of aromatic nitrogens is 2. The largest absolute Gasteiger partial charge is 0.383 e. The summed E-state index contributed by atoms with van der Waals surface area (Å²) in [5.41, 5.74) is 11.5. The van der Waals surface area contributed by atoms with E-state index >= 15 is 0 Å². The normalized spacial score (nSPS) is 10.8. The fraction of sp³-hybridized carbons (Fsp3) is 0.118. The van der Waals surface area contributed by atoms with Crippen molar-refractivity contribution in [2.24, 2.45) is 7.05 Å². The molecule has 0 spiro atoms. The van der Waals surface area contributed by atoms with Crippen LogP contribution in [0.3, 0.4) is 0 Å². The number of hydrogen-bond acceptors (Lipinski definition) is 2. The zero-order chi connectivity index (χ0) is 15.0. The number of nitrogens with two attached hydrogens (primary N) is 1. The minimum atomic E-state index is 0.673. The van der Waals surface area contributed by atoms with E-state index < -0.39 is 0 Å². The Labute approximate surface area is 132 Å². The molecule has 0 aliphatic heterocycles. The van der Waals surface area contributed by atoms with Crippen LogP contribution >= 0.6 is 15.9 Å². The van der Waals surface area contributed by atoms with Crippen molar-refractivity contribution in [2.75, 3.05) is 5.73 Å². The van der Waals surface area contributed by atoms with Crippen molar-refractivity contribution in [1.82, 2.24) is 9.78 Å². The monoisotopic (exact) mass is 341 g/mol. The van der Waals surface area contributed by atoms with Crippen molar-refractivity contribution >= 4 is 21.7 Å². The van der Waals surface area contributed by atoms with Gasteiger partial charge in [0.1, 0.15) is 11.5 Å². The van der Waals surface area contributed by atoms with Crippen LogP contribution in [0, 0.1) is 6.92 Å². The first-order valence-corrected chi connectivity index (χ1v) is 7.51. The molecule has 0 aliphatic rings. The Morgan fingerprint density at radius 3 is 2.57 bits per heavy atom. The number of halogens is 1. The lowest BCUT2D eigenvalue weighted by molar-refractivity contribution is 0.782. The molecule has 0 atom stereocenters. The highest BCUT2D eigenvalue weighted by atomic mass is 79.9. The quantitative estimate of drug-likeness (QED) is 0.750.